The fraction of sp³-hybridized carbons (Fsp3) is 0.379. The Balaban J connectivity index is 0.000000269. The molecule has 170 valence electrons. The number of aryl methyl sites for hydroxylation is 2. The van der Waals surface area contributed by atoms with E-state index >= 15 is 0 Å². The topological polar surface area (TPSA) is 24.5 Å². The first kappa shape index (κ1) is 24.0. The van der Waals surface area contributed by atoms with Gasteiger partial charge in [0.2, 0.25) is 0 Å². The van der Waals surface area contributed by atoms with E-state index in [1.165, 1.54) is 33.4 Å². The molecule has 0 bridgehead atoms. The van der Waals surface area contributed by atoms with Gasteiger partial charge < -0.3 is 10.1 Å². The van der Waals surface area contributed by atoms with Gasteiger partial charge in [-0.2, -0.15) is 0 Å². The average molecular weight is 431 g/mol. The molecule has 1 aliphatic rings. The van der Waals surface area contributed by atoms with E-state index in [4.69, 9.17) is 4.74 Å². The maximum Gasteiger partial charge on any atom is 0.126 e. The molecule has 1 unspecified atom stereocenters. The molecular formula is C29H38N2O. The maximum atomic E-state index is 6.45. The molecule has 0 amide bonds. The van der Waals surface area contributed by atoms with Crippen LogP contribution in [0.1, 0.15) is 40.3 Å². The highest BCUT2D eigenvalue weighted by Crippen LogP contribution is 2.41. The summed E-state index contributed by atoms with van der Waals surface area (Å²) in [5.41, 5.74) is 7.90. The fourth-order valence-corrected chi connectivity index (χ4v) is 4.53. The third-order valence-corrected chi connectivity index (χ3v) is 6.14. The molecule has 0 spiro atoms. The smallest absolute Gasteiger partial charge is 0.126 e. The van der Waals surface area contributed by atoms with E-state index in [1.807, 2.05) is 25.2 Å². The number of nitrogens with zero attached hydrogens (tertiary/aromatic N) is 1. The summed E-state index contributed by atoms with van der Waals surface area (Å²) in [6.45, 7) is 11.6. The highest BCUT2D eigenvalue weighted by molar-refractivity contribution is 5.53. The van der Waals surface area contributed by atoms with Crippen molar-refractivity contribution in [3.05, 3.63) is 100 Å². The number of ether oxygens (including phenoxy) is 1. The Bertz CT molecular complexity index is 1000. The van der Waals surface area contributed by atoms with Crippen LogP contribution in [0.25, 0.3) is 0 Å². The SMILES string of the molecule is CNCc1ccccc1.Cc1cc(C)c2c(c1C)OC(C)(CN(C)Cc1ccccc1)C2. The molecule has 3 heteroatoms. The summed E-state index contributed by atoms with van der Waals surface area (Å²) >= 11 is 0. The van der Waals surface area contributed by atoms with Crippen LogP contribution in [0, 0.1) is 20.8 Å². The number of likely N-dealkylation sites (N-methyl/N-ethyl adjacent to an activating group) is 1. The average Bonchev–Trinajstić information content (AvgIpc) is 3.12. The van der Waals surface area contributed by atoms with Crippen LogP contribution in [0.15, 0.2) is 66.7 Å². The van der Waals surface area contributed by atoms with E-state index in [-0.39, 0.29) is 5.60 Å². The molecule has 1 heterocycles. The third kappa shape index (κ3) is 6.21. The van der Waals surface area contributed by atoms with Crippen LogP contribution in [0.5, 0.6) is 5.75 Å². The Morgan fingerprint density at radius 3 is 2.09 bits per heavy atom. The molecule has 32 heavy (non-hydrogen) atoms. The van der Waals surface area contributed by atoms with Crippen molar-refractivity contribution in [2.75, 3.05) is 20.6 Å². The summed E-state index contributed by atoms with van der Waals surface area (Å²) in [6, 6.07) is 23.3. The Kier molecular flexibility index (Phi) is 8.11. The lowest BCUT2D eigenvalue weighted by atomic mass is 9.93. The molecule has 0 aliphatic carbocycles. The molecule has 0 aromatic heterocycles. The maximum absolute atomic E-state index is 6.45. The molecule has 0 saturated carbocycles. The van der Waals surface area contributed by atoms with Crippen molar-refractivity contribution in [2.45, 2.75) is 52.8 Å². The quantitative estimate of drug-likeness (QED) is 0.531. The summed E-state index contributed by atoms with van der Waals surface area (Å²) in [7, 11) is 4.13. The number of benzene rings is 3. The summed E-state index contributed by atoms with van der Waals surface area (Å²) in [5.74, 6) is 1.12. The normalized spacial score (nSPS) is 16.8. The second kappa shape index (κ2) is 10.8. The van der Waals surface area contributed by atoms with Gasteiger partial charge >= 0.3 is 0 Å². The molecule has 0 radical (unpaired) electrons. The zero-order chi connectivity index (χ0) is 23.1. The van der Waals surface area contributed by atoms with Gasteiger partial charge in [-0.3, -0.25) is 4.90 Å². The van der Waals surface area contributed by atoms with Gasteiger partial charge in [0.1, 0.15) is 11.4 Å². The van der Waals surface area contributed by atoms with Crippen LogP contribution in [-0.4, -0.2) is 31.1 Å². The van der Waals surface area contributed by atoms with Gasteiger partial charge in [-0.15, -0.1) is 0 Å². The molecule has 1 atom stereocenters. The second-order valence-electron chi connectivity index (χ2n) is 9.35. The van der Waals surface area contributed by atoms with E-state index in [0.717, 1.165) is 31.8 Å². The summed E-state index contributed by atoms with van der Waals surface area (Å²) in [5, 5.41) is 3.08. The molecular weight excluding hydrogens is 392 g/mol. The van der Waals surface area contributed by atoms with E-state index in [1.54, 1.807) is 0 Å². The van der Waals surface area contributed by atoms with Crippen LogP contribution in [0.3, 0.4) is 0 Å². The Morgan fingerprint density at radius 2 is 1.50 bits per heavy atom. The van der Waals surface area contributed by atoms with Crippen molar-refractivity contribution in [3.8, 4) is 5.75 Å². The second-order valence-corrected chi connectivity index (χ2v) is 9.35. The summed E-state index contributed by atoms with van der Waals surface area (Å²) < 4.78 is 6.45. The molecule has 0 saturated heterocycles. The molecule has 1 N–H and O–H groups in total. The predicted octanol–water partition coefficient (Wildman–Crippen LogP) is 5.84. The molecule has 3 aromatic carbocycles. The molecule has 4 rings (SSSR count). The van der Waals surface area contributed by atoms with Crippen molar-refractivity contribution in [2.24, 2.45) is 0 Å². The van der Waals surface area contributed by atoms with Gasteiger partial charge in [0.05, 0.1) is 0 Å². The van der Waals surface area contributed by atoms with Gasteiger partial charge in [0.25, 0.3) is 0 Å². The standard InChI is InChI=1S/C21H27NO.C8H11N/c1-15-11-16(2)19-12-21(4,23-20(19)17(15)3)14-22(5)13-18-9-7-6-8-10-18;1-9-7-8-5-3-2-4-6-8/h6-11H,12-14H2,1-5H3;2-6,9H,7H2,1H3. The first-order chi connectivity index (χ1) is 15.3. The molecule has 0 fully saturated rings. The van der Waals surface area contributed by atoms with Gasteiger partial charge in [-0.1, -0.05) is 66.7 Å². The van der Waals surface area contributed by atoms with Crippen molar-refractivity contribution in [1.82, 2.24) is 10.2 Å². The number of hydrogen-bond donors (Lipinski definition) is 1. The van der Waals surface area contributed by atoms with Crippen molar-refractivity contribution in [3.63, 3.8) is 0 Å². The van der Waals surface area contributed by atoms with Crippen LogP contribution in [-0.2, 0) is 19.5 Å². The largest absolute Gasteiger partial charge is 0.485 e. The van der Waals surface area contributed by atoms with E-state index in [9.17, 15) is 0 Å². The molecule has 3 nitrogen and oxygen atoms in total. The Morgan fingerprint density at radius 1 is 0.906 bits per heavy atom. The van der Waals surface area contributed by atoms with Crippen molar-refractivity contribution >= 4 is 0 Å². The number of nitrogens with one attached hydrogen (secondary N) is 1. The van der Waals surface area contributed by atoms with Gasteiger partial charge in [0, 0.05) is 31.6 Å². The summed E-state index contributed by atoms with van der Waals surface area (Å²) in [4.78, 5) is 2.36. The van der Waals surface area contributed by atoms with E-state index < -0.39 is 0 Å². The van der Waals surface area contributed by atoms with Crippen LogP contribution >= 0.6 is 0 Å². The van der Waals surface area contributed by atoms with E-state index in [0.29, 0.717) is 0 Å². The zero-order valence-electron chi connectivity index (χ0n) is 20.5. The minimum absolute atomic E-state index is 0.144. The van der Waals surface area contributed by atoms with Gasteiger partial charge in [-0.25, -0.2) is 0 Å². The van der Waals surface area contributed by atoms with E-state index in [2.05, 4.69) is 93.5 Å². The number of fused-ring (bicyclic) bond motifs is 1. The minimum atomic E-state index is -0.144. The van der Waals surface area contributed by atoms with Crippen molar-refractivity contribution < 1.29 is 4.74 Å². The summed E-state index contributed by atoms with van der Waals surface area (Å²) in [6.07, 6.45) is 0.994. The van der Waals surface area contributed by atoms with Crippen LogP contribution < -0.4 is 10.1 Å². The van der Waals surface area contributed by atoms with Crippen LogP contribution in [0.2, 0.25) is 0 Å². The predicted molar refractivity (Wildman–Crippen MR) is 135 cm³/mol. The zero-order valence-corrected chi connectivity index (χ0v) is 20.5. The number of rotatable bonds is 6. The first-order valence-electron chi connectivity index (χ1n) is 11.5. The highest BCUT2D eigenvalue weighted by Gasteiger charge is 2.37. The Labute approximate surface area is 194 Å². The lowest BCUT2D eigenvalue weighted by Gasteiger charge is -2.30. The minimum Gasteiger partial charge on any atom is -0.485 e. The highest BCUT2D eigenvalue weighted by atomic mass is 16.5. The molecule has 1 aliphatic heterocycles. The Hall–Kier alpha value is -2.62. The fourth-order valence-electron chi connectivity index (χ4n) is 4.53. The van der Waals surface area contributed by atoms with Crippen LogP contribution in [0.4, 0.5) is 0 Å². The first-order valence-corrected chi connectivity index (χ1v) is 11.5. The number of hydrogen-bond acceptors (Lipinski definition) is 3. The lowest BCUT2D eigenvalue weighted by molar-refractivity contribution is 0.0704. The molecule has 3 aromatic rings. The van der Waals surface area contributed by atoms with Gasteiger partial charge in [-0.05, 0) is 69.6 Å². The monoisotopic (exact) mass is 430 g/mol. The van der Waals surface area contributed by atoms with Crippen molar-refractivity contribution in [1.29, 1.82) is 0 Å². The van der Waals surface area contributed by atoms with Gasteiger partial charge in [0.15, 0.2) is 0 Å². The third-order valence-electron chi connectivity index (χ3n) is 6.14. The lowest BCUT2D eigenvalue weighted by Crippen LogP contribution is -2.42.